The standard InChI is InChI=1S/C15H22N2O2/c1-12-3-2-4-13(11-12)15(19)16-7-10-17-8-5-14(18)6-9-17/h2-4,11,14,18H,5-10H2,1H3,(H,16,19). The minimum absolute atomic E-state index is 0.0132. The molecule has 2 N–H and O–H groups in total. The lowest BCUT2D eigenvalue weighted by atomic mass is 10.1. The average molecular weight is 262 g/mol. The molecule has 1 aliphatic rings. The number of hydrogen-bond acceptors (Lipinski definition) is 3. The topological polar surface area (TPSA) is 52.6 Å². The van der Waals surface area contributed by atoms with Crippen LogP contribution >= 0.6 is 0 Å². The summed E-state index contributed by atoms with van der Waals surface area (Å²) in [6, 6.07) is 7.61. The van der Waals surface area contributed by atoms with Crippen LogP contribution in [0.3, 0.4) is 0 Å². The minimum atomic E-state index is -0.141. The largest absolute Gasteiger partial charge is 0.393 e. The second-order valence-corrected chi connectivity index (χ2v) is 5.20. The van der Waals surface area contributed by atoms with Crippen LogP contribution in [0.5, 0.6) is 0 Å². The molecule has 1 saturated heterocycles. The van der Waals surface area contributed by atoms with Crippen LogP contribution in [0.25, 0.3) is 0 Å². The lowest BCUT2D eigenvalue weighted by Crippen LogP contribution is -2.40. The number of carbonyl (C=O) groups is 1. The number of piperidine rings is 1. The molecule has 4 heteroatoms. The molecule has 0 bridgehead atoms. The van der Waals surface area contributed by atoms with Gasteiger partial charge in [-0.05, 0) is 31.9 Å². The fraction of sp³-hybridized carbons (Fsp3) is 0.533. The lowest BCUT2D eigenvalue weighted by Gasteiger charge is -2.29. The van der Waals surface area contributed by atoms with E-state index in [1.54, 1.807) is 0 Å². The molecule has 1 aliphatic heterocycles. The van der Waals surface area contributed by atoms with Gasteiger partial charge in [0.1, 0.15) is 0 Å². The minimum Gasteiger partial charge on any atom is -0.393 e. The number of carbonyl (C=O) groups excluding carboxylic acids is 1. The molecule has 19 heavy (non-hydrogen) atoms. The number of aliphatic hydroxyl groups excluding tert-OH is 1. The molecule has 2 rings (SSSR count). The van der Waals surface area contributed by atoms with Gasteiger partial charge in [-0.2, -0.15) is 0 Å². The monoisotopic (exact) mass is 262 g/mol. The van der Waals surface area contributed by atoms with Crippen molar-refractivity contribution < 1.29 is 9.90 Å². The highest BCUT2D eigenvalue weighted by molar-refractivity contribution is 5.94. The van der Waals surface area contributed by atoms with Crippen molar-refractivity contribution in [1.82, 2.24) is 10.2 Å². The molecule has 0 aliphatic carbocycles. The molecule has 1 aromatic rings. The molecular weight excluding hydrogens is 240 g/mol. The third kappa shape index (κ3) is 4.33. The van der Waals surface area contributed by atoms with Crippen molar-refractivity contribution in [3.63, 3.8) is 0 Å². The van der Waals surface area contributed by atoms with Crippen LogP contribution < -0.4 is 5.32 Å². The van der Waals surface area contributed by atoms with Gasteiger partial charge in [-0.25, -0.2) is 0 Å². The van der Waals surface area contributed by atoms with Crippen LogP contribution in [0, 0.1) is 6.92 Å². The number of benzene rings is 1. The molecule has 0 atom stereocenters. The van der Waals surface area contributed by atoms with Crippen molar-refractivity contribution in [1.29, 1.82) is 0 Å². The molecule has 1 aromatic carbocycles. The summed E-state index contributed by atoms with van der Waals surface area (Å²) < 4.78 is 0. The van der Waals surface area contributed by atoms with Gasteiger partial charge in [0.15, 0.2) is 0 Å². The summed E-state index contributed by atoms with van der Waals surface area (Å²) in [6.07, 6.45) is 1.54. The van der Waals surface area contributed by atoms with Crippen molar-refractivity contribution >= 4 is 5.91 Å². The number of nitrogens with zero attached hydrogens (tertiary/aromatic N) is 1. The highest BCUT2D eigenvalue weighted by Gasteiger charge is 2.16. The zero-order valence-electron chi connectivity index (χ0n) is 11.4. The van der Waals surface area contributed by atoms with Gasteiger partial charge >= 0.3 is 0 Å². The maximum absolute atomic E-state index is 11.9. The van der Waals surface area contributed by atoms with Crippen molar-refractivity contribution in [2.45, 2.75) is 25.9 Å². The first-order valence-electron chi connectivity index (χ1n) is 6.90. The van der Waals surface area contributed by atoms with E-state index in [4.69, 9.17) is 0 Å². The normalized spacial score (nSPS) is 17.4. The molecule has 1 fully saturated rings. The van der Waals surface area contributed by atoms with Crippen molar-refractivity contribution in [3.8, 4) is 0 Å². The third-order valence-corrected chi connectivity index (χ3v) is 3.55. The van der Waals surface area contributed by atoms with Crippen LogP contribution in [-0.2, 0) is 0 Å². The number of rotatable bonds is 4. The molecule has 0 spiro atoms. The second kappa shape index (κ2) is 6.68. The van der Waals surface area contributed by atoms with Gasteiger partial charge < -0.3 is 15.3 Å². The molecule has 0 unspecified atom stereocenters. The smallest absolute Gasteiger partial charge is 0.251 e. The van der Waals surface area contributed by atoms with Crippen LogP contribution in [0.15, 0.2) is 24.3 Å². The van der Waals surface area contributed by atoms with E-state index in [-0.39, 0.29) is 12.0 Å². The van der Waals surface area contributed by atoms with Crippen LogP contribution in [-0.4, -0.2) is 48.2 Å². The Bertz CT molecular complexity index is 426. The number of nitrogens with one attached hydrogen (secondary N) is 1. The van der Waals surface area contributed by atoms with Crippen LogP contribution in [0.1, 0.15) is 28.8 Å². The summed E-state index contributed by atoms with van der Waals surface area (Å²) >= 11 is 0. The predicted molar refractivity (Wildman–Crippen MR) is 75.2 cm³/mol. The van der Waals surface area contributed by atoms with Gasteiger partial charge in [0, 0.05) is 31.7 Å². The van der Waals surface area contributed by atoms with Crippen LogP contribution in [0.4, 0.5) is 0 Å². The summed E-state index contributed by atoms with van der Waals surface area (Å²) in [5, 5.41) is 12.4. The van der Waals surface area contributed by atoms with Gasteiger partial charge in [0.05, 0.1) is 6.10 Å². The molecule has 0 saturated carbocycles. The summed E-state index contributed by atoms with van der Waals surface area (Å²) in [5.41, 5.74) is 1.81. The van der Waals surface area contributed by atoms with Gasteiger partial charge in [-0.1, -0.05) is 17.7 Å². The maximum Gasteiger partial charge on any atom is 0.251 e. The summed E-state index contributed by atoms with van der Waals surface area (Å²) in [7, 11) is 0. The van der Waals surface area contributed by atoms with E-state index in [1.807, 2.05) is 31.2 Å². The summed E-state index contributed by atoms with van der Waals surface area (Å²) in [4.78, 5) is 14.2. The fourth-order valence-electron chi connectivity index (χ4n) is 2.36. The number of hydrogen-bond donors (Lipinski definition) is 2. The summed E-state index contributed by atoms with van der Waals surface area (Å²) in [5.74, 6) is -0.0132. The van der Waals surface area contributed by atoms with Gasteiger partial charge in [-0.3, -0.25) is 4.79 Å². The van der Waals surface area contributed by atoms with Crippen LogP contribution in [0.2, 0.25) is 0 Å². The average Bonchev–Trinajstić information content (AvgIpc) is 2.41. The highest BCUT2D eigenvalue weighted by Crippen LogP contribution is 2.09. The van der Waals surface area contributed by atoms with E-state index in [9.17, 15) is 9.90 Å². The maximum atomic E-state index is 11.9. The molecule has 1 amide bonds. The molecule has 4 nitrogen and oxygen atoms in total. The Morgan fingerprint density at radius 2 is 2.16 bits per heavy atom. The number of aliphatic hydroxyl groups is 1. The Labute approximate surface area is 114 Å². The zero-order chi connectivity index (χ0) is 13.7. The lowest BCUT2D eigenvalue weighted by molar-refractivity contribution is 0.0804. The number of aryl methyl sites for hydroxylation is 1. The first-order chi connectivity index (χ1) is 9.15. The Balaban J connectivity index is 1.72. The molecule has 1 heterocycles. The van der Waals surface area contributed by atoms with E-state index in [2.05, 4.69) is 10.2 Å². The van der Waals surface area contributed by atoms with E-state index in [1.165, 1.54) is 0 Å². The van der Waals surface area contributed by atoms with Gasteiger partial charge in [0.2, 0.25) is 0 Å². The predicted octanol–water partition coefficient (Wildman–Crippen LogP) is 1.18. The first kappa shape index (κ1) is 14.0. The quantitative estimate of drug-likeness (QED) is 0.857. The molecular formula is C15H22N2O2. The van der Waals surface area contributed by atoms with Gasteiger partial charge in [0.25, 0.3) is 5.91 Å². The van der Waals surface area contributed by atoms with E-state index >= 15 is 0 Å². The van der Waals surface area contributed by atoms with Crippen molar-refractivity contribution in [2.24, 2.45) is 0 Å². The van der Waals surface area contributed by atoms with Crippen molar-refractivity contribution in [2.75, 3.05) is 26.2 Å². The second-order valence-electron chi connectivity index (χ2n) is 5.20. The molecule has 104 valence electrons. The Hall–Kier alpha value is -1.39. The van der Waals surface area contributed by atoms with E-state index in [0.717, 1.165) is 38.0 Å². The Morgan fingerprint density at radius 3 is 2.84 bits per heavy atom. The fourth-order valence-corrected chi connectivity index (χ4v) is 2.36. The van der Waals surface area contributed by atoms with E-state index in [0.29, 0.717) is 12.1 Å². The van der Waals surface area contributed by atoms with E-state index < -0.39 is 0 Å². The number of amides is 1. The summed E-state index contributed by atoms with van der Waals surface area (Å²) in [6.45, 7) is 5.33. The van der Waals surface area contributed by atoms with Gasteiger partial charge in [-0.15, -0.1) is 0 Å². The molecule has 0 radical (unpaired) electrons. The zero-order valence-corrected chi connectivity index (χ0v) is 11.4. The number of likely N-dealkylation sites (tertiary alicyclic amines) is 1. The highest BCUT2D eigenvalue weighted by atomic mass is 16.3. The first-order valence-corrected chi connectivity index (χ1v) is 6.90. The Kier molecular flexibility index (Phi) is 4.93. The Morgan fingerprint density at radius 1 is 1.42 bits per heavy atom. The molecule has 0 aromatic heterocycles. The van der Waals surface area contributed by atoms with Crippen molar-refractivity contribution in [3.05, 3.63) is 35.4 Å². The third-order valence-electron chi connectivity index (χ3n) is 3.55. The SMILES string of the molecule is Cc1cccc(C(=O)NCCN2CCC(O)CC2)c1.